The van der Waals surface area contributed by atoms with Gasteiger partial charge in [-0.3, -0.25) is 9.78 Å². The first kappa shape index (κ1) is 24.3. The van der Waals surface area contributed by atoms with E-state index in [-0.39, 0.29) is 24.0 Å². The first-order valence-corrected chi connectivity index (χ1v) is 13.3. The van der Waals surface area contributed by atoms with Crippen LogP contribution in [-0.4, -0.2) is 80.0 Å². The highest BCUT2D eigenvalue weighted by Gasteiger charge is 2.40. The molecule has 2 aliphatic rings. The Balaban J connectivity index is 1.34. The molecular weight excluding hydrogens is 502 g/mol. The number of carbonyl (C=O) groups is 1. The van der Waals surface area contributed by atoms with Crippen molar-refractivity contribution in [3.8, 4) is 28.0 Å². The van der Waals surface area contributed by atoms with Gasteiger partial charge in [-0.15, -0.1) is 10.2 Å². The van der Waals surface area contributed by atoms with Gasteiger partial charge in [-0.25, -0.2) is 4.52 Å². The number of nitrogens with one attached hydrogen (secondary N) is 1. The third-order valence-corrected chi connectivity index (χ3v) is 7.79. The van der Waals surface area contributed by atoms with Gasteiger partial charge >= 0.3 is 0 Å². The van der Waals surface area contributed by atoms with E-state index < -0.39 is 0 Å². The van der Waals surface area contributed by atoms with Crippen molar-refractivity contribution in [1.29, 1.82) is 5.26 Å². The lowest BCUT2D eigenvalue weighted by Gasteiger charge is -2.49. The van der Waals surface area contributed by atoms with Gasteiger partial charge < -0.3 is 19.9 Å². The van der Waals surface area contributed by atoms with Gasteiger partial charge in [0.25, 0.3) is 0 Å². The Morgan fingerprint density at radius 2 is 1.97 bits per heavy atom. The van der Waals surface area contributed by atoms with Gasteiger partial charge in [0.15, 0.2) is 5.01 Å². The molecule has 6 rings (SSSR count). The van der Waals surface area contributed by atoms with Crippen LogP contribution < -0.4 is 10.2 Å². The van der Waals surface area contributed by atoms with Crippen molar-refractivity contribution in [2.45, 2.75) is 38.9 Å². The monoisotopic (exact) mass is 529 g/mol. The van der Waals surface area contributed by atoms with E-state index >= 15 is 0 Å². The van der Waals surface area contributed by atoms with Crippen LogP contribution in [-0.2, 0) is 9.53 Å². The fourth-order valence-corrected chi connectivity index (χ4v) is 6.12. The highest BCUT2D eigenvalue weighted by atomic mass is 32.1. The van der Waals surface area contributed by atoms with Crippen LogP contribution in [0, 0.1) is 11.3 Å². The van der Waals surface area contributed by atoms with E-state index in [1.165, 1.54) is 11.3 Å². The van der Waals surface area contributed by atoms with Gasteiger partial charge in [0.1, 0.15) is 6.07 Å². The van der Waals surface area contributed by atoms with Crippen molar-refractivity contribution in [2.24, 2.45) is 0 Å². The Bertz CT molecular complexity index is 1540. The molecule has 4 aromatic rings. The Kier molecular flexibility index (Phi) is 6.17. The predicted octanol–water partition coefficient (Wildman–Crippen LogP) is 3.04. The molecule has 38 heavy (non-hydrogen) atoms. The van der Waals surface area contributed by atoms with E-state index in [1.807, 2.05) is 29.3 Å². The summed E-state index contributed by atoms with van der Waals surface area (Å²) in [6.45, 7) is 8.14. The maximum Gasteiger partial charge on any atom is 0.219 e. The van der Waals surface area contributed by atoms with E-state index in [2.05, 4.69) is 45.4 Å². The summed E-state index contributed by atoms with van der Waals surface area (Å²) in [4.78, 5) is 20.9. The van der Waals surface area contributed by atoms with E-state index in [0.717, 1.165) is 38.3 Å². The number of rotatable bonds is 5. The molecule has 0 radical (unpaired) electrons. The van der Waals surface area contributed by atoms with Crippen LogP contribution in [0.3, 0.4) is 0 Å². The molecule has 0 saturated carbocycles. The number of hydrogen-bond acceptors (Lipinski definition) is 10. The van der Waals surface area contributed by atoms with Crippen molar-refractivity contribution in [1.82, 2.24) is 29.7 Å². The fourth-order valence-electron chi connectivity index (χ4n) is 5.11. The number of carbonyl (C=O) groups excluding carboxylic acids is 1. The second-order valence-corrected chi connectivity index (χ2v) is 10.8. The molecule has 0 spiro atoms. The Morgan fingerprint density at radius 1 is 1.18 bits per heavy atom. The fraction of sp³-hybridized carbons (Fsp3) is 0.385. The molecule has 1 N–H and O–H groups in total. The Labute approximate surface area is 223 Å². The van der Waals surface area contributed by atoms with Gasteiger partial charge in [-0.2, -0.15) is 10.4 Å². The molecular formula is C26H27N9O2S. The lowest BCUT2D eigenvalue weighted by atomic mass is 10.1. The first-order chi connectivity index (χ1) is 18.4. The maximum absolute atomic E-state index is 12.0. The van der Waals surface area contributed by atoms with Gasteiger partial charge in [-0.05, 0) is 38.1 Å². The molecule has 2 aliphatic heterocycles. The average molecular weight is 530 g/mol. The lowest BCUT2D eigenvalue weighted by molar-refractivity contribution is -0.132. The number of morpholine rings is 1. The summed E-state index contributed by atoms with van der Waals surface area (Å²) in [5.74, 6) is 0.0894. The first-order valence-electron chi connectivity index (χ1n) is 12.5. The molecule has 2 bridgehead atoms. The number of nitrogens with zero attached hydrogens (tertiary/aromatic N) is 8. The van der Waals surface area contributed by atoms with Crippen LogP contribution >= 0.6 is 11.3 Å². The number of anilines is 2. The molecule has 12 heteroatoms. The van der Waals surface area contributed by atoms with Crippen molar-refractivity contribution in [3.63, 3.8) is 0 Å². The molecule has 1 amide bonds. The third kappa shape index (κ3) is 4.33. The second kappa shape index (κ2) is 9.66. The molecule has 2 fully saturated rings. The lowest BCUT2D eigenvalue weighted by Crippen LogP contribution is -2.65. The normalized spacial score (nSPS) is 19.1. The number of fused-ring (bicyclic) bond motifs is 3. The van der Waals surface area contributed by atoms with E-state index in [9.17, 15) is 10.1 Å². The Morgan fingerprint density at radius 3 is 2.68 bits per heavy atom. The van der Waals surface area contributed by atoms with E-state index in [4.69, 9.17) is 9.72 Å². The molecule has 2 saturated heterocycles. The number of pyridine rings is 1. The molecule has 2 atom stereocenters. The van der Waals surface area contributed by atoms with Crippen molar-refractivity contribution in [3.05, 3.63) is 42.2 Å². The largest absolute Gasteiger partial charge is 0.382 e. The summed E-state index contributed by atoms with van der Waals surface area (Å²) in [6, 6.07) is 10.1. The summed E-state index contributed by atoms with van der Waals surface area (Å²) in [5, 5.41) is 27.9. The Hall–Kier alpha value is -4.08. The molecule has 6 heterocycles. The number of hydrogen-bond donors (Lipinski definition) is 1. The van der Waals surface area contributed by atoms with Crippen LogP contribution in [0.4, 0.5) is 10.8 Å². The SMILES string of the molecule is CC(=O)N1CC2COCC(C1)N2c1nnc(-c2cnc(-c3ccc4cc(C#N)cnn34)cc2NC(C)C)s1. The van der Waals surface area contributed by atoms with E-state index in [0.29, 0.717) is 31.9 Å². The smallest absolute Gasteiger partial charge is 0.219 e. The topological polar surface area (TPSA) is 125 Å². The van der Waals surface area contributed by atoms with Crippen LogP contribution in [0.2, 0.25) is 0 Å². The average Bonchev–Trinajstić information content (AvgIpc) is 3.54. The summed E-state index contributed by atoms with van der Waals surface area (Å²) in [7, 11) is 0. The van der Waals surface area contributed by atoms with Crippen LogP contribution in [0.15, 0.2) is 36.7 Å². The molecule has 2 unspecified atom stereocenters. The minimum atomic E-state index is 0.0534. The molecule has 0 aromatic carbocycles. The van der Waals surface area contributed by atoms with Gasteiger partial charge in [0.05, 0.1) is 59.5 Å². The summed E-state index contributed by atoms with van der Waals surface area (Å²) >= 11 is 1.53. The van der Waals surface area contributed by atoms with Crippen molar-refractivity contribution in [2.75, 3.05) is 36.5 Å². The number of aromatic nitrogens is 5. The predicted molar refractivity (Wildman–Crippen MR) is 144 cm³/mol. The minimum Gasteiger partial charge on any atom is -0.382 e. The van der Waals surface area contributed by atoms with Gasteiger partial charge in [0, 0.05) is 37.9 Å². The second-order valence-electron chi connectivity index (χ2n) is 9.89. The van der Waals surface area contributed by atoms with E-state index in [1.54, 1.807) is 23.7 Å². The highest BCUT2D eigenvalue weighted by molar-refractivity contribution is 7.18. The molecule has 11 nitrogen and oxygen atoms in total. The number of piperazine rings is 1. The van der Waals surface area contributed by atoms with Crippen molar-refractivity contribution < 1.29 is 9.53 Å². The molecule has 4 aromatic heterocycles. The standard InChI is InChI=1S/C26H27N9O2S/c1-15(2)30-22-7-23(24-5-4-18-6-17(8-27)9-29-35(18)24)28-10-21(22)25-31-32-26(38-25)34-19-11-33(16(3)36)12-20(34)14-37-13-19/h4-7,9-10,15,19-20H,11-14H2,1-3H3,(H,28,30). The zero-order chi connectivity index (χ0) is 26.4. The van der Waals surface area contributed by atoms with Crippen LogP contribution in [0.25, 0.3) is 27.5 Å². The summed E-state index contributed by atoms with van der Waals surface area (Å²) < 4.78 is 7.58. The van der Waals surface area contributed by atoms with Crippen LogP contribution in [0.1, 0.15) is 26.3 Å². The quantitative estimate of drug-likeness (QED) is 0.415. The minimum absolute atomic E-state index is 0.0534. The van der Waals surface area contributed by atoms with Gasteiger partial charge in [-0.1, -0.05) is 11.3 Å². The molecule has 194 valence electrons. The zero-order valence-electron chi connectivity index (χ0n) is 21.3. The summed E-state index contributed by atoms with van der Waals surface area (Å²) in [6.07, 6.45) is 3.38. The van der Waals surface area contributed by atoms with Crippen molar-refractivity contribution >= 4 is 33.6 Å². The highest BCUT2D eigenvalue weighted by Crippen LogP contribution is 2.38. The molecule has 0 aliphatic carbocycles. The van der Waals surface area contributed by atoms with Crippen LogP contribution in [0.5, 0.6) is 0 Å². The number of ether oxygens (including phenoxy) is 1. The zero-order valence-corrected chi connectivity index (χ0v) is 22.1. The number of amides is 1. The maximum atomic E-state index is 12.0. The number of nitriles is 1. The third-order valence-electron chi connectivity index (χ3n) is 6.82. The van der Waals surface area contributed by atoms with Gasteiger partial charge in [0.2, 0.25) is 11.0 Å². The summed E-state index contributed by atoms with van der Waals surface area (Å²) in [5.41, 5.74) is 4.70.